The Morgan fingerprint density at radius 2 is 1.58 bits per heavy atom. The maximum absolute atomic E-state index is 12.9. The lowest BCUT2D eigenvalue weighted by Crippen LogP contribution is -2.28. The summed E-state index contributed by atoms with van der Waals surface area (Å²) in [5.74, 6) is 1.23. The molecule has 0 aromatic heterocycles. The third kappa shape index (κ3) is 4.56. The smallest absolute Gasteiger partial charge is 0.244 e. The number of nitrogens with one attached hydrogen (secondary N) is 1. The van der Waals surface area contributed by atoms with Gasteiger partial charge in [-0.15, -0.1) is 0 Å². The van der Waals surface area contributed by atoms with E-state index in [-0.39, 0.29) is 16.7 Å². The van der Waals surface area contributed by atoms with Crippen molar-refractivity contribution in [2.45, 2.75) is 44.0 Å². The van der Waals surface area contributed by atoms with Crippen LogP contribution in [0, 0.1) is 0 Å². The molecule has 0 heterocycles. The maximum atomic E-state index is 12.9. The summed E-state index contributed by atoms with van der Waals surface area (Å²) in [6, 6.07) is 12.4. The summed E-state index contributed by atoms with van der Waals surface area (Å²) in [4.78, 5) is 0.0954. The number of benzene rings is 2. The first kappa shape index (κ1) is 20.3. The van der Waals surface area contributed by atoms with Crippen LogP contribution in [0.1, 0.15) is 50.3 Å². The van der Waals surface area contributed by atoms with Crippen molar-refractivity contribution in [3.63, 3.8) is 0 Å². The van der Waals surface area contributed by atoms with Crippen LogP contribution in [0.15, 0.2) is 47.4 Å². The van der Waals surface area contributed by atoms with Gasteiger partial charge in [-0.1, -0.05) is 45.0 Å². The van der Waals surface area contributed by atoms with Gasteiger partial charge in [-0.25, -0.2) is 13.1 Å². The van der Waals surface area contributed by atoms with Gasteiger partial charge < -0.3 is 9.47 Å². The lowest BCUT2D eigenvalue weighted by molar-refractivity contribution is 0.385. The number of rotatable bonds is 8. The number of hydrogen-bond donors (Lipinski definition) is 1. The minimum atomic E-state index is -3.74. The van der Waals surface area contributed by atoms with E-state index in [1.165, 1.54) is 25.8 Å². The molecule has 5 nitrogen and oxygen atoms in total. The van der Waals surface area contributed by atoms with Crippen molar-refractivity contribution in [2.24, 2.45) is 0 Å². The fourth-order valence-corrected chi connectivity index (χ4v) is 4.21. The lowest BCUT2D eigenvalue weighted by atomic mass is 9.98. The Kier molecular flexibility index (Phi) is 6.67. The topological polar surface area (TPSA) is 64.6 Å². The van der Waals surface area contributed by atoms with Crippen molar-refractivity contribution in [3.05, 3.63) is 53.6 Å². The van der Waals surface area contributed by atoms with Crippen molar-refractivity contribution in [3.8, 4) is 11.5 Å². The largest absolute Gasteiger partial charge is 0.497 e. The molecule has 26 heavy (non-hydrogen) atoms. The summed E-state index contributed by atoms with van der Waals surface area (Å²) in [5.41, 5.74) is 2.16. The molecule has 142 valence electrons. The van der Waals surface area contributed by atoms with Crippen LogP contribution in [-0.2, 0) is 10.0 Å². The van der Waals surface area contributed by atoms with Crippen molar-refractivity contribution < 1.29 is 17.9 Å². The first-order valence-corrected chi connectivity index (χ1v) is 10.1. The highest BCUT2D eigenvalue weighted by molar-refractivity contribution is 7.89. The van der Waals surface area contributed by atoms with Crippen LogP contribution in [0.5, 0.6) is 11.5 Å². The van der Waals surface area contributed by atoms with E-state index in [1.54, 1.807) is 12.1 Å². The zero-order valence-corrected chi connectivity index (χ0v) is 16.8. The van der Waals surface area contributed by atoms with Gasteiger partial charge in [0.2, 0.25) is 10.0 Å². The minimum Gasteiger partial charge on any atom is -0.497 e. The van der Waals surface area contributed by atoms with E-state index in [2.05, 4.69) is 18.6 Å². The van der Waals surface area contributed by atoms with Gasteiger partial charge in [-0.2, -0.15) is 0 Å². The molecule has 1 unspecified atom stereocenters. The third-order valence-corrected chi connectivity index (χ3v) is 5.88. The third-order valence-electron chi connectivity index (χ3n) is 4.37. The molecule has 0 saturated carbocycles. The Bertz CT molecular complexity index is 829. The molecule has 2 aromatic rings. The molecule has 1 atom stereocenters. The Labute approximate surface area is 156 Å². The fraction of sp³-hybridized carbons (Fsp3) is 0.400. The molecule has 0 aliphatic heterocycles. The van der Waals surface area contributed by atoms with Crippen LogP contribution in [0.2, 0.25) is 0 Å². The first-order chi connectivity index (χ1) is 12.3. The number of ether oxygens (including phenoxy) is 2. The summed E-state index contributed by atoms with van der Waals surface area (Å²) in [6.45, 7) is 6.21. The quantitative estimate of drug-likeness (QED) is 0.747. The van der Waals surface area contributed by atoms with E-state index in [1.807, 2.05) is 31.2 Å². The zero-order chi connectivity index (χ0) is 19.3. The first-order valence-electron chi connectivity index (χ1n) is 8.66. The summed E-state index contributed by atoms with van der Waals surface area (Å²) in [6.07, 6.45) is 0.638. The van der Waals surface area contributed by atoms with Gasteiger partial charge in [0.1, 0.15) is 16.4 Å². The van der Waals surface area contributed by atoms with Crippen molar-refractivity contribution in [2.75, 3.05) is 14.2 Å². The van der Waals surface area contributed by atoms with Gasteiger partial charge in [-0.05, 0) is 35.6 Å². The Morgan fingerprint density at radius 3 is 2.08 bits per heavy atom. The molecule has 6 heteroatoms. The van der Waals surface area contributed by atoms with Gasteiger partial charge in [0.15, 0.2) is 0 Å². The van der Waals surface area contributed by atoms with Gasteiger partial charge in [0.25, 0.3) is 0 Å². The van der Waals surface area contributed by atoms with Crippen LogP contribution < -0.4 is 14.2 Å². The Morgan fingerprint density at radius 1 is 0.962 bits per heavy atom. The number of hydrogen-bond acceptors (Lipinski definition) is 4. The average Bonchev–Trinajstić information content (AvgIpc) is 2.65. The molecule has 2 aromatic carbocycles. The van der Waals surface area contributed by atoms with Gasteiger partial charge in [0.05, 0.1) is 14.2 Å². The fourth-order valence-electron chi connectivity index (χ4n) is 2.75. The molecule has 0 aliphatic carbocycles. The summed E-state index contributed by atoms with van der Waals surface area (Å²) >= 11 is 0. The van der Waals surface area contributed by atoms with E-state index in [0.717, 1.165) is 5.56 Å². The molecule has 2 rings (SSSR count). The number of sulfonamides is 1. The maximum Gasteiger partial charge on any atom is 0.244 e. The van der Waals surface area contributed by atoms with Gasteiger partial charge >= 0.3 is 0 Å². The second kappa shape index (κ2) is 8.56. The van der Waals surface area contributed by atoms with E-state index in [9.17, 15) is 8.42 Å². The monoisotopic (exact) mass is 377 g/mol. The summed E-state index contributed by atoms with van der Waals surface area (Å²) < 4.78 is 39.0. The molecule has 0 spiro atoms. The lowest BCUT2D eigenvalue weighted by Gasteiger charge is -2.19. The van der Waals surface area contributed by atoms with E-state index < -0.39 is 10.0 Å². The van der Waals surface area contributed by atoms with Crippen LogP contribution in [0.25, 0.3) is 0 Å². The van der Waals surface area contributed by atoms with Crippen molar-refractivity contribution in [1.29, 1.82) is 0 Å². The van der Waals surface area contributed by atoms with Crippen LogP contribution >= 0.6 is 0 Å². The molecule has 0 radical (unpaired) electrons. The molecular weight excluding hydrogens is 350 g/mol. The van der Waals surface area contributed by atoms with Gasteiger partial charge in [-0.3, -0.25) is 0 Å². The summed E-state index contributed by atoms with van der Waals surface area (Å²) in [5, 5.41) is 0. The predicted octanol–water partition coefficient (Wildman–Crippen LogP) is 4.26. The molecule has 0 fully saturated rings. The van der Waals surface area contributed by atoms with Gasteiger partial charge in [0, 0.05) is 12.1 Å². The van der Waals surface area contributed by atoms with Crippen molar-refractivity contribution in [1.82, 2.24) is 4.72 Å². The molecule has 0 bridgehead atoms. The van der Waals surface area contributed by atoms with Crippen LogP contribution in [0.4, 0.5) is 0 Å². The van der Waals surface area contributed by atoms with E-state index >= 15 is 0 Å². The SMILES string of the molecule is CCC(NS(=O)(=O)c1ccc(OC)cc1OC)c1ccc(C(C)C)cc1. The molecule has 0 aliphatic rings. The second-order valence-electron chi connectivity index (χ2n) is 6.42. The average molecular weight is 378 g/mol. The number of methoxy groups -OCH3 is 2. The Balaban J connectivity index is 2.31. The molecule has 0 saturated heterocycles. The zero-order valence-electron chi connectivity index (χ0n) is 15.9. The second-order valence-corrected chi connectivity index (χ2v) is 8.10. The standard InChI is InChI=1S/C20H27NO4S/c1-6-18(16-9-7-15(8-10-16)14(2)3)21-26(22,23)20-12-11-17(24-4)13-19(20)25-5/h7-14,18,21H,6H2,1-5H3. The Hall–Kier alpha value is -2.05. The van der Waals surface area contributed by atoms with Crippen LogP contribution in [0.3, 0.4) is 0 Å². The normalized spacial score (nSPS) is 12.8. The highest BCUT2D eigenvalue weighted by Crippen LogP contribution is 2.30. The predicted molar refractivity (Wildman–Crippen MR) is 103 cm³/mol. The summed E-state index contributed by atoms with van der Waals surface area (Å²) in [7, 11) is -0.781. The molecule has 1 N–H and O–H groups in total. The highest BCUT2D eigenvalue weighted by Gasteiger charge is 2.24. The van der Waals surface area contributed by atoms with E-state index in [4.69, 9.17) is 9.47 Å². The molecule has 0 amide bonds. The highest BCUT2D eigenvalue weighted by atomic mass is 32.2. The van der Waals surface area contributed by atoms with E-state index in [0.29, 0.717) is 18.1 Å². The molecular formula is C20H27NO4S. The minimum absolute atomic E-state index is 0.0954. The van der Waals surface area contributed by atoms with Crippen LogP contribution in [-0.4, -0.2) is 22.6 Å². The van der Waals surface area contributed by atoms with Crippen molar-refractivity contribution >= 4 is 10.0 Å².